The third-order valence-electron chi connectivity index (χ3n) is 5.06. The summed E-state index contributed by atoms with van der Waals surface area (Å²) in [5, 5.41) is 3.63. The lowest BCUT2D eigenvalue weighted by Crippen LogP contribution is -2.45. The predicted octanol–water partition coefficient (Wildman–Crippen LogP) is 4.81. The third kappa shape index (κ3) is 3.13. The molecule has 1 N–H and O–H groups in total. The fraction of sp³-hybridized carbons (Fsp3) is 0.350. The van der Waals surface area contributed by atoms with Gasteiger partial charge in [-0.2, -0.15) is 0 Å². The number of nitrogens with one attached hydrogen (secondary N) is 1. The summed E-state index contributed by atoms with van der Waals surface area (Å²) in [6.45, 7) is 2.34. The first-order chi connectivity index (χ1) is 11.8. The third-order valence-corrected chi connectivity index (χ3v) is 5.55. The van der Waals surface area contributed by atoms with Crippen molar-refractivity contribution in [2.45, 2.75) is 25.8 Å². The smallest absolute Gasteiger partial charge is 0.108 e. The van der Waals surface area contributed by atoms with E-state index in [0.29, 0.717) is 6.54 Å². The van der Waals surface area contributed by atoms with E-state index in [9.17, 15) is 0 Å². The Balaban J connectivity index is 1.66. The van der Waals surface area contributed by atoms with E-state index >= 15 is 0 Å². The Bertz CT molecular complexity index is 766. The molecule has 0 aliphatic carbocycles. The number of anilines is 1. The van der Waals surface area contributed by atoms with Crippen molar-refractivity contribution in [2.75, 3.05) is 18.5 Å². The number of para-hydroxylation sites is 1. The Morgan fingerprint density at radius 2 is 1.92 bits per heavy atom. The fourth-order valence-corrected chi connectivity index (χ4v) is 4.14. The number of amidine groups is 1. The van der Waals surface area contributed by atoms with Crippen LogP contribution in [-0.2, 0) is 17.7 Å². The highest BCUT2D eigenvalue weighted by atomic mass is 79.9. The van der Waals surface area contributed by atoms with Crippen LogP contribution in [-0.4, -0.2) is 19.0 Å². The van der Waals surface area contributed by atoms with E-state index in [4.69, 9.17) is 9.73 Å². The topological polar surface area (TPSA) is 33.6 Å². The maximum absolute atomic E-state index is 5.62. The second-order valence-electron chi connectivity index (χ2n) is 6.65. The van der Waals surface area contributed by atoms with Gasteiger partial charge in [0, 0.05) is 28.8 Å². The van der Waals surface area contributed by atoms with Gasteiger partial charge in [-0.25, -0.2) is 0 Å². The van der Waals surface area contributed by atoms with E-state index in [2.05, 4.69) is 63.7 Å². The highest BCUT2D eigenvalue weighted by molar-refractivity contribution is 9.10. The Hall–Kier alpha value is -1.65. The average Bonchev–Trinajstić information content (AvgIpc) is 2.61. The number of aliphatic imine (C=N–C) groups is 1. The summed E-state index contributed by atoms with van der Waals surface area (Å²) in [7, 11) is 0. The number of benzene rings is 2. The fourth-order valence-electron chi connectivity index (χ4n) is 3.69. The van der Waals surface area contributed by atoms with Crippen molar-refractivity contribution in [3.05, 3.63) is 64.1 Å². The molecular formula is C20H21BrN2O. The SMILES string of the molecule is Brc1cccc(CN=C2Nc3ccccc3CC23CCOCC3)c1. The maximum Gasteiger partial charge on any atom is 0.108 e. The van der Waals surface area contributed by atoms with Crippen LogP contribution in [0.4, 0.5) is 5.69 Å². The Kier molecular flexibility index (Phi) is 4.42. The summed E-state index contributed by atoms with van der Waals surface area (Å²) in [6.07, 6.45) is 3.12. The van der Waals surface area contributed by atoms with Gasteiger partial charge in [-0.3, -0.25) is 4.99 Å². The lowest BCUT2D eigenvalue weighted by Gasteiger charge is -2.42. The van der Waals surface area contributed by atoms with Crippen LogP contribution >= 0.6 is 15.9 Å². The molecule has 124 valence electrons. The molecule has 3 nitrogen and oxygen atoms in total. The molecule has 4 heteroatoms. The minimum Gasteiger partial charge on any atom is -0.381 e. The molecule has 24 heavy (non-hydrogen) atoms. The standard InChI is InChI=1S/C20H21BrN2O/c21-17-6-3-4-15(12-17)14-22-19-20(8-10-24-11-9-20)13-16-5-1-2-7-18(16)23-19/h1-7,12H,8-11,13-14H2,(H,22,23). The first-order valence-corrected chi connectivity index (χ1v) is 9.27. The van der Waals surface area contributed by atoms with Gasteiger partial charge in [0.1, 0.15) is 5.84 Å². The van der Waals surface area contributed by atoms with Crippen molar-refractivity contribution in [1.29, 1.82) is 0 Å². The molecule has 0 aromatic heterocycles. The van der Waals surface area contributed by atoms with Gasteiger partial charge >= 0.3 is 0 Å². The zero-order valence-corrected chi connectivity index (χ0v) is 15.2. The van der Waals surface area contributed by atoms with E-state index < -0.39 is 0 Å². The number of fused-ring (bicyclic) bond motifs is 1. The molecule has 0 saturated carbocycles. The van der Waals surface area contributed by atoms with Gasteiger partial charge in [0.05, 0.1) is 6.54 Å². The van der Waals surface area contributed by atoms with Gasteiger partial charge in [0.15, 0.2) is 0 Å². The second kappa shape index (κ2) is 6.69. The minimum absolute atomic E-state index is 0.0958. The van der Waals surface area contributed by atoms with Gasteiger partial charge in [0.25, 0.3) is 0 Å². The highest BCUT2D eigenvalue weighted by Crippen LogP contribution is 2.41. The Morgan fingerprint density at radius 1 is 1.08 bits per heavy atom. The van der Waals surface area contributed by atoms with Crippen LogP contribution in [0.3, 0.4) is 0 Å². The molecule has 0 bridgehead atoms. The van der Waals surface area contributed by atoms with Crippen molar-refractivity contribution in [1.82, 2.24) is 0 Å². The molecule has 1 saturated heterocycles. The number of ether oxygens (including phenoxy) is 1. The summed E-state index contributed by atoms with van der Waals surface area (Å²) in [5.74, 6) is 1.13. The average molecular weight is 385 g/mol. The van der Waals surface area contributed by atoms with Gasteiger partial charge < -0.3 is 10.1 Å². The molecule has 2 aromatic rings. The van der Waals surface area contributed by atoms with Gasteiger partial charge in [-0.1, -0.05) is 46.3 Å². The number of rotatable bonds is 2. The van der Waals surface area contributed by atoms with E-state index in [1.54, 1.807) is 0 Å². The van der Waals surface area contributed by atoms with Crippen LogP contribution in [0.25, 0.3) is 0 Å². The van der Waals surface area contributed by atoms with E-state index in [1.165, 1.54) is 16.8 Å². The second-order valence-corrected chi connectivity index (χ2v) is 7.56. The van der Waals surface area contributed by atoms with E-state index in [-0.39, 0.29) is 5.41 Å². The maximum atomic E-state index is 5.62. The molecule has 0 atom stereocenters. The molecule has 2 aliphatic rings. The molecule has 4 rings (SSSR count). The van der Waals surface area contributed by atoms with Crippen molar-refractivity contribution >= 4 is 27.5 Å². The lowest BCUT2D eigenvalue weighted by molar-refractivity contribution is 0.0448. The Morgan fingerprint density at radius 3 is 2.75 bits per heavy atom. The molecule has 0 radical (unpaired) electrons. The van der Waals surface area contributed by atoms with Crippen LogP contribution in [0.2, 0.25) is 0 Å². The summed E-state index contributed by atoms with van der Waals surface area (Å²) in [4.78, 5) is 5.00. The first-order valence-electron chi connectivity index (χ1n) is 8.47. The quantitative estimate of drug-likeness (QED) is 0.805. The van der Waals surface area contributed by atoms with Crippen molar-refractivity contribution in [3.63, 3.8) is 0 Å². The van der Waals surface area contributed by atoms with Crippen LogP contribution in [0, 0.1) is 5.41 Å². The van der Waals surface area contributed by atoms with Crippen LogP contribution < -0.4 is 5.32 Å². The van der Waals surface area contributed by atoms with Crippen molar-refractivity contribution in [2.24, 2.45) is 10.4 Å². The zero-order chi connectivity index (χ0) is 16.4. The zero-order valence-electron chi connectivity index (χ0n) is 13.6. The molecule has 2 aliphatic heterocycles. The van der Waals surface area contributed by atoms with E-state index in [0.717, 1.165) is 42.8 Å². The summed E-state index contributed by atoms with van der Waals surface area (Å²) < 4.78 is 6.72. The minimum atomic E-state index is 0.0958. The van der Waals surface area contributed by atoms with Crippen LogP contribution in [0.5, 0.6) is 0 Å². The first kappa shape index (κ1) is 15.9. The predicted molar refractivity (Wildman–Crippen MR) is 102 cm³/mol. The monoisotopic (exact) mass is 384 g/mol. The highest BCUT2D eigenvalue weighted by Gasteiger charge is 2.41. The van der Waals surface area contributed by atoms with Gasteiger partial charge in [0.2, 0.25) is 0 Å². The van der Waals surface area contributed by atoms with Gasteiger partial charge in [-0.15, -0.1) is 0 Å². The molecule has 0 amide bonds. The van der Waals surface area contributed by atoms with Crippen molar-refractivity contribution < 1.29 is 4.74 Å². The molecule has 2 aromatic carbocycles. The molecule has 2 heterocycles. The Labute approximate surface area is 151 Å². The molecular weight excluding hydrogens is 364 g/mol. The molecule has 1 fully saturated rings. The normalized spacial score (nSPS) is 20.6. The number of nitrogens with zero attached hydrogens (tertiary/aromatic N) is 1. The summed E-state index contributed by atoms with van der Waals surface area (Å²) >= 11 is 3.54. The summed E-state index contributed by atoms with van der Waals surface area (Å²) in [6, 6.07) is 17.0. The van der Waals surface area contributed by atoms with E-state index in [1.807, 2.05) is 6.07 Å². The van der Waals surface area contributed by atoms with Crippen LogP contribution in [0.1, 0.15) is 24.0 Å². The van der Waals surface area contributed by atoms with Gasteiger partial charge in [-0.05, 0) is 48.6 Å². The molecule has 1 spiro atoms. The van der Waals surface area contributed by atoms with Crippen molar-refractivity contribution in [3.8, 4) is 0 Å². The number of hydrogen-bond acceptors (Lipinski definition) is 2. The summed E-state index contributed by atoms with van der Waals surface area (Å²) in [5.41, 5.74) is 3.90. The largest absolute Gasteiger partial charge is 0.381 e. The lowest BCUT2D eigenvalue weighted by atomic mass is 9.71. The number of hydrogen-bond donors (Lipinski definition) is 1. The van der Waals surface area contributed by atoms with Crippen LogP contribution in [0.15, 0.2) is 58.0 Å². The molecule has 0 unspecified atom stereocenters. The number of halogens is 1.